The summed E-state index contributed by atoms with van der Waals surface area (Å²) in [5.41, 5.74) is 0.821. The Hall–Kier alpha value is -3.51. The number of benzene rings is 2. The molecule has 138 valence electrons. The molecule has 0 aliphatic rings. The summed E-state index contributed by atoms with van der Waals surface area (Å²) in [5, 5.41) is 8.44. The number of carbonyl (C=O) groups excluding carboxylic acids is 1. The van der Waals surface area contributed by atoms with E-state index in [0.29, 0.717) is 21.6 Å². The van der Waals surface area contributed by atoms with E-state index in [4.69, 9.17) is 11.6 Å². The molecule has 2 aromatic carbocycles. The smallest absolute Gasteiger partial charge is 0.277 e. The quantitative estimate of drug-likeness (QED) is 0.575. The Bertz CT molecular complexity index is 1200. The zero-order valence-corrected chi connectivity index (χ0v) is 15.4. The van der Waals surface area contributed by atoms with Crippen LogP contribution in [0, 0.1) is 0 Å². The number of halogens is 1. The van der Waals surface area contributed by atoms with Crippen molar-refractivity contribution in [3.05, 3.63) is 99.6 Å². The monoisotopic (exact) mass is 390 g/mol. The van der Waals surface area contributed by atoms with Crippen molar-refractivity contribution < 1.29 is 4.79 Å². The third kappa shape index (κ3) is 3.63. The van der Waals surface area contributed by atoms with Gasteiger partial charge in [0.05, 0.1) is 17.0 Å². The van der Waals surface area contributed by atoms with Gasteiger partial charge in [0.15, 0.2) is 5.69 Å². The fraction of sp³-hybridized carbons (Fsp3) is 0.0476. The van der Waals surface area contributed by atoms with E-state index in [1.165, 1.54) is 10.9 Å². The van der Waals surface area contributed by atoms with Crippen LogP contribution < -0.4 is 10.9 Å². The first kappa shape index (κ1) is 17.9. The van der Waals surface area contributed by atoms with Crippen LogP contribution in [0.25, 0.3) is 10.8 Å². The van der Waals surface area contributed by atoms with Gasteiger partial charge in [-0.05, 0) is 23.8 Å². The molecule has 0 bridgehead atoms. The number of aromatic nitrogens is 3. The first-order valence-electron chi connectivity index (χ1n) is 8.58. The van der Waals surface area contributed by atoms with Crippen molar-refractivity contribution in [3.63, 3.8) is 0 Å². The summed E-state index contributed by atoms with van der Waals surface area (Å²) in [4.78, 5) is 29.8. The number of carbonyl (C=O) groups is 1. The van der Waals surface area contributed by atoms with Crippen LogP contribution in [0.1, 0.15) is 16.1 Å². The molecule has 4 aromatic rings. The third-order valence-corrected chi connectivity index (χ3v) is 4.45. The molecule has 6 nitrogen and oxygen atoms in total. The summed E-state index contributed by atoms with van der Waals surface area (Å²) >= 11 is 5.83. The van der Waals surface area contributed by atoms with Gasteiger partial charge in [-0.25, -0.2) is 9.67 Å². The minimum Gasteiger partial charge on any atom is -0.305 e. The molecule has 0 aliphatic carbocycles. The number of nitrogens with zero attached hydrogens (tertiary/aromatic N) is 3. The minimum absolute atomic E-state index is 0.155. The first-order chi connectivity index (χ1) is 13.6. The van der Waals surface area contributed by atoms with Crippen molar-refractivity contribution in [2.75, 3.05) is 5.32 Å². The van der Waals surface area contributed by atoms with Crippen LogP contribution in [0.5, 0.6) is 0 Å². The molecule has 0 unspecified atom stereocenters. The number of hydrogen-bond donors (Lipinski definition) is 1. The molecule has 0 saturated carbocycles. The molecule has 7 heteroatoms. The Morgan fingerprint density at radius 3 is 2.39 bits per heavy atom. The molecule has 4 rings (SSSR count). The van der Waals surface area contributed by atoms with Crippen LogP contribution in [0.4, 0.5) is 5.82 Å². The molecular weight excluding hydrogens is 376 g/mol. The Balaban J connectivity index is 1.78. The molecule has 2 aromatic heterocycles. The zero-order valence-electron chi connectivity index (χ0n) is 14.7. The Labute approximate surface area is 165 Å². The second-order valence-corrected chi connectivity index (χ2v) is 6.59. The van der Waals surface area contributed by atoms with Crippen LogP contribution in [-0.4, -0.2) is 20.7 Å². The molecule has 0 saturated heterocycles. The average Bonchev–Trinajstić information content (AvgIpc) is 2.72. The van der Waals surface area contributed by atoms with E-state index in [-0.39, 0.29) is 17.8 Å². The van der Waals surface area contributed by atoms with E-state index in [1.807, 2.05) is 30.3 Å². The van der Waals surface area contributed by atoms with Gasteiger partial charge >= 0.3 is 0 Å². The van der Waals surface area contributed by atoms with E-state index in [2.05, 4.69) is 15.4 Å². The molecular formula is C21H15ClN4O2. The maximum absolute atomic E-state index is 12.9. The highest BCUT2D eigenvalue weighted by Gasteiger charge is 2.17. The number of hydrogen-bond acceptors (Lipinski definition) is 4. The van der Waals surface area contributed by atoms with Crippen LogP contribution in [0.15, 0.2) is 77.7 Å². The van der Waals surface area contributed by atoms with Gasteiger partial charge in [-0.2, -0.15) is 5.10 Å². The fourth-order valence-corrected chi connectivity index (χ4v) is 3.00. The lowest BCUT2D eigenvalue weighted by molar-refractivity contribution is 0.102. The Morgan fingerprint density at radius 1 is 0.964 bits per heavy atom. The summed E-state index contributed by atoms with van der Waals surface area (Å²) in [7, 11) is 0. The standard InChI is InChI=1S/C21H15ClN4O2/c22-15-10-11-18(23-12-15)24-20(27)19-16-8-4-5-9-17(16)21(28)26(25-19)13-14-6-2-1-3-7-14/h1-12H,13H2,(H,23,24,27). The van der Waals surface area contributed by atoms with E-state index in [1.54, 1.807) is 36.4 Å². The molecule has 28 heavy (non-hydrogen) atoms. The van der Waals surface area contributed by atoms with Crippen molar-refractivity contribution in [2.24, 2.45) is 0 Å². The molecule has 0 aliphatic heterocycles. The van der Waals surface area contributed by atoms with E-state index in [9.17, 15) is 9.59 Å². The highest BCUT2D eigenvalue weighted by molar-refractivity contribution is 6.30. The first-order valence-corrected chi connectivity index (χ1v) is 8.96. The highest BCUT2D eigenvalue weighted by Crippen LogP contribution is 2.16. The van der Waals surface area contributed by atoms with Gasteiger partial charge in [-0.15, -0.1) is 0 Å². The van der Waals surface area contributed by atoms with Crippen LogP contribution in [0.3, 0.4) is 0 Å². The van der Waals surface area contributed by atoms with E-state index < -0.39 is 5.91 Å². The van der Waals surface area contributed by atoms with Gasteiger partial charge in [0.25, 0.3) is 11.5 Å². The molecule has 1 amide bonds. The van der Waals surface area contributed by atoms with Crippen molar-refractivity contribution in [1.82, 2.24) is 14.8 Å². The van der Waals surface area contributed by atoms with Crippen molar-refractivity contribution in [2.45, 2.75) is 6.54 Å². The Kier molecular flexibility index (Phi) is 4.87. The van der Waals surface area contributed by atoms with E-state index in [0.717, 1.165) is 5.56 Å². The summed E-state index contributed by atoms with van der Waals surface area (Å²) in [6, 6.07) is 19.6. The normalized spacial score (nSPS) is 10.8. The van der Waals surface area contributed by atoms with Gasteiger partial charge in [0.2, 0.25) is 0 Å². The predicted molar refractivity (Wildman–Crippen MR) is 109 cm³/mol. The molecule has 0 radical (unpaired) electrons. The maximum atomic E-state index is 12.9. The lowest BCUT2D eigenvalue weighted by Gasteiger charge is -2.11. The van der Waals surface area contributed by atoms with Gasteiger partial charge in [0, 0.05) is 11.6 Å². The Morgan fingerprint density at radius 2 is 1.68 bits per heavy atom. The number of nitrogens with one attached hydrogen (secondary N) is 1. The molecule has 2 heterocycles. The predicted octanol–water partition coefficient (Wildman–Crippen LogP) is 3.75. The molecule has 0 fully saturated rings. The van der Waals surface area contributed by atoms with Crippen LogP contribution in [-0.2, 0) is 6.54 Å². The van der Waals surface area contributed by atoms with Crippen molar-refractivity contribution in [3.8, 4) is 0 Å². The number of anilines is 1. The summed E-state index contributed by atoms with van der Waals surface area (Å²) in [5.74, 6) is -0.103. The zero-order chi connectivity index (χ0) is 19.5. The largest absolute Gasteiger partial charge is 0.305 e. The van der Waals surface area contributed by atoms with Gasteiger partial charge in [-0.1, -0.05) is 60.1 Å². The number of amides is 1. The minimum atomic E-state index is -0.451. The lowest BCUT2D eigenvalue weighted by Crippen LogP contribution is -2.28. The lowest BCUT2D eigenvalue weighted by atomic mass is 10.1. The maximum Gasteiger partial charge on any atom is 0.277 e. The second-order valence-electron chi connectivity index (χ2n) is 6.16. The van der Waals surface area contributed by atoms with Crippen LogP contribution >= 0.6 is 11.6 Å². The number of rotatable bonds is 4. The van der Waals surface area contributed by atoms with Crippen molar-refractivity contribution in [1.29, 1.82) is 0 Å². The molecule has 0 spiro atoms. The summed E-state index contributed by atoms with van der Waals surface area (Å²) in [6.07, 6.45) is 1.44. The van der Waals surface area contributed by atoms with E-state index >= 15 is 0 Å². The average molecular weight is 391 g/mol. The molecule has 1 N–H and O–H groups in total. The molecule has 0 atom stereocenters. The SMILES string of the molecule is O=C(Nc1ccc(Cl)cn1)c1nn(Cc2ccccc2)c(=O)c2ccccc12. The topological polar surface area (TPSA) is 76.9 Å². The second kappa shape index (κ2) is 7.62. The number of pyridine rings is 1. The van der Waals surface area contributed by atoms with Gasteiger partial charge in [0.1, 0.15) is 5.82 Å². The number of fused-ring (bicyclic) bond motifs is 1. The van der Waals surface area contributed by atoms with Gasteiger partial charge < -0.3 is 5.32 Å². The fourth-order valence-electron chi connectivity index (χ4n) is 2.89. The summed E-state index contributed by atoms with van der Waals surface area (Å²) in [6.45, 7) is 0.268. The van der Waals surface area contributed by atoms with Crippen molar-refractivity contribution >= 4 is 34.1 Å². The van der Waals surface area contributed by atoms with Gasteiger partial charge in [-0.3, -0.25) is 9.59 Å². The third-order valence-electron chi connectivity index (χ3n) is 4.23. The highest BCUT2D eigenvalue weighted by atomic mass is 35.5. The van der Waals surface area contributed by atoms with Crippen LogP contribution in [0.2, 0.25) is 5.02 Å². The summed E-state index contributed by atoms with van der Waals surface area (Å²) < 4.78 is 1.31.